The molecule has 10 atom stereocenters. The van der Waals surface area contributed by atoms with Crippen LogP contribution in [0.2, 0.25) is 0 Å². The number of carboxylic acid groups (broad SMARTS) is 1. The van der Waals surface area contributed by atoms with Crippen LogP contribution in [0, 0.1) is 67.0 Å². The predicted molar refractivity (Wildman–Crippen MR) is 230 cm³/mol. The number of nitrogens with one attached hydrogen (secondary N) is 1. The van der Waals surface area contributed by atoms with Gasteiger partial charge in [-0.1, -0.05) is 47.6 Å². The summed E-state index contributed by atoms with van der Waals surface area (Å²) < 4.78 is 6.26. The number of rotatable bonds is 10. The van der Waals surface area contributed by atoms with E-state index < -0.39 is 22.8 Å². The molecule has 60 heavy (non-hydrogen) atoms. The lowest BCUT2D eigenvalue weighted by Gasteiger charge is -2.71. The summed E-state index contributed by atoms with van der Waals surface area (Å²) in [4.78, 5) is 57.2. The van der Waals surface area contributed by atoms with E-state index in [1.807, 2.05) is 7.05 Å². The number of esters is 1. The molecule has 0 bridgehead atoms. The number of aliphatic carboxylic acids is 1. The van der Waals surface area contributed by atoms with Crippen molar-refractivity contribution >= 4 is 29.3 Å². The lowest BCUT2D eigenvalue weighted by atomic mass is 9.33. The molecule has 5 fully saturated rings. The molecule has 0 saturated heterocycles. The molecule has 6 aliphatic carbocycles. The number of carbonyl (C=O) groups is 3. The fraction of sp³-hybridized carbons (Fsp3) is 0.735. The summed E-state index contributed by atoms with van der Waals surface area (Å²) in [6.07, 6.45) is 15.2. The van der Waals surface area contributed by atoms with E-state index in [0.717, 1.165) is 81.3 Å². The lowest BCUT2D eigenvalue weighted by molar-refractivity contribution is -0.217. The number of fused-ring (bicyclic) bond motifs is 6. The van der Waals surface area contributed by atoms with Gasteiger partial charge in [-0.2, -0.15) is 5.26 Å². The van der Waals surface area contributed by atoms with Gasteiger partial charge in [0.2, 0.25) is 0 Å². The highest BCUT2D eigenvalue weighted by Gasteiger charge is 2.82. The number of amidine groups is 1. The summed E-state index contributed by atoms with van der Waals surface area (Å²) in [5, 5.41) is 22.6. The number of ether oxygens (including phenoxy) is 1. The van der Waals surface area contributed by atoms with E-state index in [4.69, 9.17) is 19.7 Å². The molecular weight excluding hydrogens is 753 g/mol. The van der Waals surface area contributed by atoms with E-state index >= 15 is 0 Å². The van der Waals surface area contributed by atoms with Crippen LogP contribution in [0.15, 0.2) is 34.6 Å². The molecule has 0 aromatic carbocycles. The van der Waals surface area contributed by atoms with Crippen molar-refractivity contribution < 1.29 is 24.2 Å². The van der Waals surface area contributed by atoms with Crippen molar-refractivity contribution in [1.82, 2.24) is 20.2 Å². The third-order valence-corrected chi connectivity index (χ3v) is 18.4. The summed E-state index contributed by atoms with van der Waals surface area (Å²) in [7, 11) is 1.96. The number of carboxylic acids is 1. The van der Waals surface area contributed by atoms with Gasteiger partial charge in [-0.15, -0.1) is 0 Å². The first kappa shape index (κ1) is 42.8. The monoisotopic (exact) mass is 821 g/mol. The molecule has 5 saturated carbocycles. The molecule has 2 N–H and O–H groups in total. The maximum atomic E-state index is 14.7. The van der Waals surface area contributed by atoms with Gasteiger partial charge < -0.3 is 20.1 Å². The van der Waals surface area contributed by atoms with Crippen molar-refractivity contribution in [2.45, 2.75) is 152 Å². The van der Waals surface area contributed by atoms with E-state index in [0.29, 0.717) is 36.8 Å². The molecule has 11 nitrogen and oxygen atoms in total. The number of nitriles is 1. The molecule has 1 aromatic heterocycles. The lowest BCUT2D eigenvalue weighted by Crippen LogP contribution is -2.65. The van der Waals surface area contributed by atoms with Crippen LogP contribution in [-0.4, -0.2) is 75.8 Å². The van der Waals surface area contributed by atoms with Crippen molar-refractivity contribution in [3.8, 4) is 6.07 Å². The van der Waals surface area contributed by atoms with E-state index in [-0.39, 0.29) is 63.3 Å². The second-order valence-corrected chi connectivity index (χ2v) is 21.9. The smallest absolute Gasteiger partial charge is 0.309 e. The normalized spacial score (nSPS) is 39.6. The van der Waals surface area contributed by atoms with Gasteiger partial charge in [0.1, 0.15) is 18.0 Å². The molecule has 1 spiro atoms. The van der Waals surface area contributed by atoms with Crippen molar-refractivity contribution in [3.63, 3.8) is 0 Å². The number of ketones is 1. The number of aliphatic imine (C=N–C) groups is 1. The Balaban J connectivity index is 1.15. The number of allylic oxidation sites excluding steroid dienone is 1. The minimum absolute atomic E-state index is 0.00348. The molecule has 2 heterocycles. The first-order valence-corrected chi connectivity index (χ1v) is 22.8. The molecule has 1 aliphatic heterocycles. The van der Waals surface area contributed by atoms with Crippen LogP contribution in [0.1, 0.15) is 151 Å². The maximum absolute atomic E-state index is 14.7. The van der Waals surface area contributed by atoms with Gasteiger partial charge in [0.05, 0.1) is 34.6 Å². The van der Waals surface area contributed by atoms with Gasteiger partial charge in [0.15, 0.2) is 11.6 Å². The van der Waals surface area contributed by atoms with Crippen LogP contribution in [0.25, 0.3) is 5.70 Å². The Morgan fingerprint density at radius 1 is 1.02 bits per heavy atom. The fourth-order valence-electron chi connectivity index (χ4n) is 14.9. The number of aromatic nitrogens is 2. The molecule has 10 unspecified atom stereocenters. The zero-order valence-corrected chi connectivity index (χ0v) is 37.8. The van der Waals surface area contributed by atoms with Crippen LogP contribution in [0.4, 0.5) is 0 Å². The Morgan fingerprint density at radius 3 is 2.37 bits per heavy atom. The molecule has 0 radical (unpaired) electrons. The van der Waals surface area contributed by atoms with Crippen LogP contribution in [0.5, 0.6) is 0 Å². The van der Waals surface area contributed by atoms with Gasteiger partial charge in [0.25, 0.3) is 0 Å². The highest BCUT2D eigenvalue weighted by molar-refractivity contribution is 6.09. The molecule has 0 amide bonds. The standard InChI is InChI=1S/C49H68N6O5/c1-29(2)38-34(56)23-48(41-54-30(3)11-13-33(55(41)22-21-51-10)40-52-26-31(25-50)27-53-40)19-17-44(6)32(39(38)48)12-14-35-45(44,7)18-20-49-28-47(49,9)36(15-16-46(35,49)8)60-37(57)24-43(4,5)42(58)59/h13,26-27,29-30,32,35-36,51H,11-12,14-24,28H2,1-10H3,(H,58,59). The minimum atomic E-state index is -1.17. The molecule has 324 valence electrons. The number of carbonyl (C=O) groups excluding carboxylic acids is 2. The molecule has 8 rings (SSSR count). The summed E-state index contributed by atoms with van der Waals surface area (Å²) in [5.74, 6) is 1.26. The van der Waals surface area contributed by atoms with Crippen LogP contribution < -0.4 is 5.32 Å². The topological polar surface area (TPSA) is 158 Å². The van der Waals surface area contributed by atoms with Crippen molar-refractivity contribution in [3.05, 3.63) is 41.0 Å². The van der Waals surface area contributed by atoms with Gasteiger partial charge >= 0.3 is 11.9 Å². The zero-order chi connectivity index (χ0) is 43.4. The van der Waals surface area contributed by atoms with Gasteiger partial charge in [-0.25, -0.2) is 9.97 Å². The van der Waals surface area contributed by atoms with E-state index in [9.17, 15) is 24.8 Å². The third-order valence-electron chi connectivity index (χ3n) is 18.4. The third kappa shape index (κ3) is 5.87. The summed E-state index contributed by atoms with van der Waals surface area (Å²) in [6, 6.07) is 2.16. The average molecular weight is 821 g/mol. The average Bonchev–Trinajstić information content (AvgIpc) is 3.77. The van der Waals surface area contributed by atoms with Gasteiger partial charge in [0, 0.05) is 37.3 Å². The highest BCUT2D eigenvalue weighted by Crippen LogP contribution is 2.87. The van der Waals surface area contributed by atoms with Gasteiger partial charge in [-0.05, 0) is 143 Å². The van der Waals surface area contributed by atoms with Crippen molar-refractivity contribution in [1.29, 1.82) is 5.26 Å². The largest absolute Gasteiger partial charge is 0.481 e. The van der Waals surface area contributed by atoms with Crippen LogP contribution in [-0.2, 0) is 19.1 Å². The van der Waals surface area contributed by atoms with E-state index in [1.54, 1.807) is 26.2 Å². The summed E-state index contributed by atoms with van der Waals surface area (Å²) in [6.45, 7) is 21.2. The quantitative estimate of drug-likeness (QED) is 0.219. The molecule has 1 aromatic rings. The molecule has 11 heteroatoms. The number of hydrogen-bond acceptors (Lipinski definition) is 10. The number of nitrogens with zero attached hydrogens (tertiary/aromatic N) is 5. The SMILES string of the molecule is CNCCN1C(c2ncc(C#N)cn2)=CCC(C)N=C1C12CCC3(C)C(CCC4C3(C)CCC35CC3(C)C(OC(=O)CC(C)(C)C(=O)O)CCC45C)C1=C(C(C)C)C(=O)C2. The Kier molecular flexibility index (Phi) is 10.2. The predicted octanol–water partition coefficient (Wildman–Crippen LogP) is 8.55. The Bertz CT molecular complexity index is 2120. The van der Waals surface area contributed by atoms with Crippen LogP contribution in [0.3, 0.4) is 0 Å². The van der Waals surface area contributed by atoms with E-state index in [2.05, 4.69) is 70.8 Å². The maximum Gasteiger partial charge on any atom is 0.309 e. The molecule has 7 aliphatic rings. The Morgan fingerprint density at radius 2 is 1.72 bits per heavy atom. The Hall–Kier alpha value is -3.91. The van der Waals surface area contributed by atoms with E-state index in [1.165, 1.54) is 5.57 Å². The number of hydrogen-bond donors (Lipinski definition) is 2. The zero-order valence-electron chi connectivity index (χ0n) is 37.8. The second kappa shape index (κ2) is 14.3. The highest BCUT2D eigenvalue weighted by atomic mass is 16.5. The number of Topliss-reactive ketones (excluding diaryl/α,β-unsaturated/α-hetero) is 1. The van der Waals surface area contributed by atoms with Crippen molar-refractivity contribution in [2.75, 3.05) is 20.1 Å². The molecular formula is C49H68N6O5. The summed E-state index contributed by atoms with van der Waals surface area (Å²) in [5.41, 5.74) is 2.04. The minimum Gasteiger partial charge on any atom is -0.481 e. The number of likely N-dealkylation sites (N-methyl/N-ethyl adjacent to an activating group) is 1. The van der Waals surface area contributed by atoms with Crippen LogP contribution >= 0.6 is 0 Å². The van der Waals surface area contributed by atoms with Crippen molar-refractivity contribution in [2.24, 2.45) is 60.7 Å². The van der Waals surface area contributed by atoms with Gasteiger partial charge in [-0.3, -0.25) is 19.4 Å². The Labute approximate surface area is 357 Å². The fourth-order valence-corrected chi connectivity index (χ4v) is 14.9. The first-order chi connectivity index (χ1) is 28.2. The first-order valence-electron chi connectivity index (χ1n) is 22.8. The second-order valence-electron chi connectivity index (χ2n) is 21.9. The summed E-state index contributed by atoms with van der Waals surface area (Å²) >= 11 is 0.